The number of rotatable bonds is 5. The van der Waals surface area contributed by atoms with Crippen LogP contribution < -0.4 is 4.74 Å². The lowest BCUT2D eigenvalue weighted by atomic mass is 10.1. The molecule has 0 fully saturated rings. The van der Waals surface area contributed by atoms with Crippen LogP contribution in [0, 0.1) is 5.82 Å². The second-order valence-electron chi connectivity index (χ2n) is 4.57. The summed E-state index contributed by atoms with van der Waals surface area (Å²) in [7, 11) is 0. The van der Waals surface area contributed by atoms with E-state index < -0.39 is 5.82 Å². The van der Waals surface area contributed by atoms with E-state index in [-0.39, 0.29) is 18.1 Å². The molecule has 2 heterocycles. The molecule has 0 spiro atoms. The summed E-state index contributed by atoms with van der Waals surface area (Å²) < 4.78 is 24.7. The molecule has 1 aromatic carbocycles. The molecular weight excluding hydrogens is 285 g/mol. The second-order valence-corrected chi connectivity index (χ2v) is 4.57. The summed E-state index contributed by atoms with van der Waals surface area (Å²) in [5, 5.41) is 0. The average Bonchev–Trinajstić information content (AvgIpc) is 3.04. The summed E-state index contributed by atoms with van der Waals surface area (Å²) in [4.78, 5) is 14.7. The Morgan fingerprint density at radius 3 is 2.77 bits per heavy atom. The normalized spacial score (nSPS) is 10.4. The van der Waals surface area contributed by atoms with Gasteiger partial charge in [0.15, 0.2) is 23.6 Å². The van der Waals surface area contributed by atoms with Crippen molar-refractivity contribution in [3.63, 3.8) is 0 Å². The zero-order valence-corrected chi connectivity index (χ0v) is 11.5. The van der Waals surface area contributed by atoms with Gasteiger partial charge in [0.2, 0.25) is 0 Å². The molecule has 5 heteroatoms. The topological polar surface area (TPSA) is 52.3 Å². The van der Waals surface area contributed by atoms with Crippen molar-refractivity contribution in [1.82, 2.24) is 4.98 Å². The number of pyridine rings is 1. The minimum atomic E-state index is -0.502. The van der Waals surface area contributed by atoms with Gasteiger partial charge in [-0.15, -0.1) is 0 Å². The Bertz CT molecular complexity index is 784. The number of halogens is 1. The van der Waals surface area contributed by atoms with Crippen LogP contribution in [0.5, 0.6) is 5.75 Å². The molecule has 22 heavy (non-hydrogen) atoms. The van der Waals surface area contributed by atoms with E-state index in [1.54, 1.807) is 30.5 Å². The van der Waals surface area contributed by atoms with Gasteiger partial charge < -0.3 is 9.15 Å². The van der Waals surface area contributed by atoms with Crippen molar-refractivity contribution in [1.29, 1.82) is 0 Å². The number of carbonyl (C=O) groups is 1. The van der Waals surface area contributed by atoms with Crippen molar-refractivity contribution < 1.29 is 18.3 Å². The predicted molar refractivity (Wildman–Crippen MR) is 78.1 cm³/mol. The fraction of sp³-hybridized carbons (Fsp3) is 0.0588. The van der Waals surface area contributed by atoms with Crippen LogP contribution in [0.3, 0.4) is 0 Å². The molecule has 0 unspecified atom stereocenters. The lowest BCUT2D eigenvalue weighted by Gasteiger charge is -2.07. The summed E-state index contributed by atoms with van der Waals surface area (Å²) in [6.07, 6.45) is 2.25. The third-order valence-corrected chi connectivity index (χ3v) is 3.06. The number of nitrogens with zero attached hydrogens (tertiary/aromatic N) is 1. The fourth-order valence-electron chi connectivity index (χ4n) is 1.98. The Hall–Kier alpha value is -2.95. The number of ether oxygens (including phenoxy) is 1. The average molecular weight is 297 g/mol. The Balaban J connectivity index is 1.76. The first-order valence-electron chi connectivity index (χ1n) is 6.64. The fourth-order valence-corrected chi connectivity index (χ4v) is 1.98. The van der Waals surface area contributed by atoms with E-state index in [2.05, 4.69) is 4.98 Å². The number of aldehydes is 1. The van der Waals surface area contributed by atoms with Gasteiger partial charge in [0.05, 0.1) is 5.69 Å². The number of hydrogen-bond acceptors (Lipinski definition) is 4. The highest BCUT2D eigenvalue weighted by molar-refractivity contribution is 5.72. The minimum absolute atomic E-state index is 0.136. The smallest absolute Gasteiger partial charge is 0.185 e. The summed E-state index contributed by atoms with van der Waals surface area (Å²) in [5.74, 6) is 0.261. The summed E-state index contributed by atoms with van der Waals surface area (Å²) in [5.41, 5.74) is 1.25. The summed E-state index contributed by atoms with van der Waals surface area (Å²) in [6, 6.07) is 13.1. The molecule has 110 valence electrons. The molecule has 0 aliphatic heterocycles. The molecule has 0 saturated carbocycles. The first-order valence-corrected chi connectivity index (χ1v) is 6.64. The molecule has 0 saturated heterocycles. The van der Waals surface area contributed by atoms with Crippen molar-refractivity contribution in [3.05, 3.63) is 72.0 Å². The van der Waals surface area contributed by atoms with E-state index in [1.165, 1.54) is 18.2 Å². The van der Waals surface area contributed by atoms with Crippen LogP contribution >= 0.6 is 0 Å². The maximum Gasteiger partial charge on any atom is 0.185 e. The van der Waals surface area contributed by atoms with Gasteiger partial charge in [-0.1, -0.05) is 6.07 Å². The Morgan fingerprint density at radius 1 is 1.18 bits per heavy atom. The second kappa shape index (κ2) is 6.22. The van der Waals surface area contributed by atoms with E-state index in [1.807, 2.05) is 6.07 Å². The number of hydrogen-bond donors (Lipinski definition) is 0. The van der Waals surface area contributed by atoms with Crippen molar-refractivity contribution in [3.8, 4) is 17.1 Å². The molecule has 3 rings (SSSR count). The van der Waals surface area contributed by atoms with Crippen molar-refractivity contribution in [2.24, 2.45) is 0 Å². The van der Waals surface area contributed by atoms with Gasteiger partial charge in [0, 0.05) is 11.8 Å². The standard InChI is InChI=1S/C17H12FNO3/c18-15-9-12(16-7-5-14(10-20)22-16)4-6-17(15)21-11-13-3-1-2-8-19-13/h1-10H,11H2. The van der Waals surface area contributed by atoms with Crippen molar-refractivity contribution in [2.75, 3.05) is 0 Å². The van der Waals surface area contributed by atoms with E-state index in [9.17, 15) is 9.18 Å². The van der Waals surface area contributed by atoms with Crippen LogP contribution in [0.15, 0.2) is 59.1 Å². The molecule has 0 atom stereocenters. The molecule has 0 aliphatic rings. The van der Waals surface area contributed by atoms with Crippen LogP contribution in [-0.2, 0) is 6.61 Å². The number of benzene rings is 1. The van der Waals surface area contributed by atoms with Crippen LogP contribution in [0.1, 0.15) is 16.2 Å². The molecule has 0 bridgehead atoms. The van der Waals surface area contributed by atoms with Crippen LogP contribution in [0.4, 0.5) is 4.39 Å². The number of carbonyl (C=O) groups excluding carboxylic acids is 1. The van der Waals surface area contributed by atoms with Crippen molar-refractivity contribution >= 4 is 6.29 Å². The Labute approximate surface area is 126 Å². The largest absolute Gasteiger partial charge is 0.484 e. The third-order valence-electron chi connectivity index (χ3n) is 3.06. The van der Waals surface area contributed by atoms with Gasteiger partial charge in [-0.05, 0) is 42.5 Å². The van der Waals surface area contributed by atoms with Crippen LogP contribution in [-0.4, -0.2) is 11.3 Å². The lowest BCUT2D eigenvalue weighted by molar-refractivity contribution is 0.110. The number of furan rings is 1. The van der Waals surface area contributed by atoms with Crippen molar-refractivity contribution in [2.45, 2.75) is 6.61 Å². The Morgan fingerprint density at radius 2 is 2.09 bits per heavy atom. The zero-order chi connectivity index (χ0) is 15.4. The molecule has 0 radical (unpaired) electrons. The van der Waals surface area contributed by atoms with Crippen LogP contribution in [0.25, 0.3) is 11.3 Å². The van der Waals surface area contributed by atoms with E-state index in [0.29, 0.717) is 23.3 Å². The zero-order valence-electron chi connectivity index (χ0n) is 11.5. The molecular formula is C17H12FNO3. The molecule has 0 N–H and O–H groups in total. The molecule has 3 aromatic rings. The summed E-state index contributed by atoms with van der Waals surface area (Å²) >= 11 is 0. The van der Waals surface area contributed by atoms with Gasteiger partial charge in [0.1, 0.15) is 12.4 Å². The quantitative estimate of drug-likeness (QED) is 0.671. The van der Waals surface area contributed by atoms with E-state index >= 15 is 0 Å². The monoisotopic (exact) mass is 297 g/mol. The maximum atomic E-state index is 14.1. The first kappa shape index (κ1) is 14.0. The van der Waals surface area contributed by atoms with Gasteiger partial charge in [-0.25, -0.2) is 4.39 Å². The molecule has 2 aromatic heterocycles. The van der Waals surface area contributed by atoms with Gasteiger partial charge in [0.25, 0.3) is 0 Å². The first-order chi connectivity index (χ1) is 10.8. The summed E-state index contributed by atoms with van der Waals surface area (Å²) in [6.45, 7) is 0.188. The molecule has 0 aliphatic carbocycles. The van der Waals surface area contributed by atoms with Gasteiger partial charge in [-0.3, -0.25) is 9.78 Å². The van der Waals surface area contributed by atoms with E-state index in [0.717, 1.165) is 0 Å². The highest BCUT2D eigenvalue weighted by atomic mass is 19.1. The minimum Gasteiger partial charge on any atom is -0.484 e. The number of aromatic nitrogens is 1. The molecule has 0 amide bonds. The Kier molecular flexibility index (Phi) is 3.96. The highest BCUT2D eigenvalue weighted by Crippen LogP contribution is 2.27. The highest BCUT2D eigenvalue weighted by Gasteiger charge is 2.09. The predicted octanol–water partition coefficient (Wildman–Crippen LogP) is 3.87. The third kappa shape index (κ3) is 3.03. The SMILES string of the molecule is O=Cc1ccc(-c2ccc(OCc3ccccn3)c(F)c2)o1. The lowest BCUT2D eigenvalue weighted by Crippen LogP contribution is -1.99. The van der Waals surface area contributed by atoms with Gasteiger partial charge in [-0.2, -0.15) is 0 Å². The molecule has 4 nitrogen and oxygen atoms in total. The van der Waals surface area contributed by atoms with E-state index in [4.69, 9.17) is 9.15 Å². The van der Waals surface area contributed by atoms with Crippen LogP contribution in [0.2, 0.25) is 0 Å². The van der Waals surface area contributed by atoms with Gasteiger partial charge >= 0.3 is 0 Å². The maximum absolute atomic E-state index is 14.1.